The van der Waals surface area contributed by atoms with Crippen LogP contribution < -0.4 is 0 Å². The standard InChI is InChI=1S/C14H15NO/c16-13-9-11-7-3-4-8-12(11)15-14(13)10-5-1-2-6-10/h3-4,7-10,16H,1-2,5-6H2. The van der Waals surface area contributed by atoms with Crippen LogP contribution in [0.1, 0.15) is 37.3 Å². The summed E-state index contributed by atoms with van der Waals surface area (Å²) in [6.07, 6.45) is 4.86. The number of aromatic hydroxyl groups is 1. The van der Waals surface area contributed by atoms with Gasteiger partial charge in [-0.2, -0.15) is 0 Å². The van der Waals surface area contributed by atoms with Gasteiger partial charge < -0.3 is 5.11 Å². The summed E-state index contributed by atoms with van der Waals surface area (Å²) in [6, 6.07) is 9.80. The quantitative estimate of drug-likeness (QED) is 0.785. The molecule has 0 atom stereocenters. The van der Waals surface area contributed by atoms with Crippen molar-refractivity contribution in [2.75, 3.05) is 0 Å². The molecule has 1 aliphatic carbocycles. The highest BCUT2D eigenvalue weighted by atomic mass is 16.3. The lowest BCUT2D eigenvalue weighted by atomic mass is 10.0. The maximum atomic E-state index is 10.0. The first kappa shape index (κ1) is 9.64. The molecule has 1 N–H and O–H groups in total. The van der Waals surface area contributed by atoms with Crippen LogP contribution in [-0.4, -0.2) is 10.1 Å². The Bertz CT molecular complexity index is 515. The number of nitrogens with zero attached hydrogens (tertiary/aromatic N) is 1. The molecule has 0 bridgehead atoms. The normalized spacial score (nSPS) is 17.0. The number of hydrogen-bond donors (Lipinski definition) is 1. The zero-order chi connectivity index (χ0) is 11.0. The van der Waals surface area contributed by atoms with E-state index in [0.29, 0.717) is 11.7 Å². The monoisotopic (exact) mass is 213 g/mol. The van der Waals surface area contributed by atoms with Gasteiger partial charge in [0, 0.05) is 11.3 Å². The number of benzene rings is 1. The van der Waals surface area contributed by atoms with Crippen molar-refractivity contribution in [1.29, 1.82) is 0 Å². The van der Waals surface area contributed by atoms with Gasteiger partial charge >= 0.3 is 0 Å². The van der Waals surface area contributed by atoms with Crippen molar-refractivity contribution >= 4 is 10.9 Å². The molecule has 0 amide bonds. The molecule has 3 rings (SSSR count). The van der Waals surface area contributed by atoms with E-state index >= 15 is 0 Å². The Labute approximate surface area is 94.9 Å². The van der Waals surface area contributed by atoms with E-state index in [1.807, 2.05) is 30.3 Å². The molecular weight excluding hydrogens is 198 g/mol. The fourth-order valence-corrected chi connectivity index (χ4v) is 2.62. The third-order valence-corrected chi connectivity index (χ3v) is 3.47. The zero-order valence-electron chi connectivity index (χ0n) is 9.19. The molecule has 16 heavy (non-hydrogen) atoms. The molecule has 82 valence electrons. The summed E-state index contributed by atoms with van der Waals surface area (Å²) in [5.41, 5.74) is 1.89. The topological polar surface area (TPSA) is 33.1 Å². The first-order valence-corrected chi connectivity index (χ1v) is 5.93. The fraction of sp³-hybridized carbons (Fsp3) is 0.357. The first-order valence-electron chi connectivity index (χ1n) is 5.93. The maximum absolute atomic E-state index is 10.0. The van der Waals surface area contributed by atoms with Crippen LogP contribution >= 0.6 is 0 Å². The van der Waals surface area contributed by atoms with Gasteiger partial charge in [-0.05, 0) is 25.0 Å². The number of rotatable bonds is 1. The molecule has 2 aromatic rings. The Kier molecular flexibility index (Phi) is 2.28. The third kappa shape index (κ3) is 1.54. The van der Waals surface area contributed by atoms with Crippen molar-refractivity contribution in [3.63, 3.8) is 0 Å². The molecule has 0 radical (unpaired) electrons. The second-order valence-corrected chi connectivity index (χ2v) is 4.57. The summed E-state index contributed by atoms with van der Waals surface area (Å²) in [5, 5.41) is 11.0. The SMILES string of the molecule is Oc1cc2ccccc2nc1C1CCCC1. The van der Waals surface area contributed by atoms with Crippen LogP contribution in [0.5, 0.6) is 5.75 Å². The average Bonchev–Trinajstić information content (AvgIpc) is 2.81. The number of aromatic nitrogens is 1. The average molecular weight is 213 g/mol. The van der Waals surface area contributed by atoms with Crippen LogP contribution in [0.2, 0.25) is 0 Å². The summed E-state index contributed by atoms with van der Waals surface area (Å²) < 4.78 is 0. The van der Waals surface area contributed by atoms with Gasteiger partial charge in [-0.1, -0.05) is 31.0 Å². The predicted molar refractivity (Wildman–Crippen MR) is 64.6 cm³/mol. The van der Waals surface area contributed by atoms with Gasteiger partial charge in [0.25, 0.3) is 0 Å². The maximum Gasteiger partial charge on any atom is 0.138 e. The second-order valence-electron chi connectivity index (χ2n) is 4.57. The van der Waals surface area contributed by atoms with E-state index in [4.69, 9.17) is 0 Å². The third-order valence-electron chi connectivity index (χ3n) is 3.47. The van der Waals surface area contributed by atoms with Crippen molar-refractivity contribution in [3.05, 3.63) is 36.0 Å². The van der Waals surface area contributed by atoms with Gasteiger partial charge in [0.15, 0.2) is 0 Å². The molecule has 0 aliphatic heterocycles. The minimum atomic E-state index is 0.366. The van der Waals surface area contributed by atoms with Crippen LogP contribution in [-0.2, 0) is 0 Å². The Morgan fingerprint density at radius 1 is 1.12 bits per heavy atom. The summed E-state index contributed by atoms with van der Waals surface area (Å²) in [4.78, 5) is 4.61. The van der Waals surface area contributed by atoms with Crippen molar-refractivity contribution < 1.29 is 5.11 Å². The Hall–Kier alpha value is -1.57. The van der Waals surface area contributed by atoms with Gasteiger partial charge in [-0.3, -0.25) is 0 Å². The van der Waals surface area contributed by atoms with E-state index in [0.717, 1.165) is 16.6 Å². The Morgan fingerprint density at radius 2 is 1.88 bits per heavy atom. The van der Waals surface area contributed by atoms with Gasteiger partial charge in [-0.15, -0.1) is 0 Å². The molecule has 1 aromatic carbocycles. The highest BCUT2D eigenvalue weighted by Gasteiger charge is 2.21. The fourth-order valence-electron chi connectivity index (χ4n) is 2.62. The largest absolute Gasteiger partial charge is 0.506 e. The second kappa shape index (κ2) is 3.78. The van der Waals surface area contributed by atoms with Crippen LogP contribution in [0.4, 0.5) is 0 Å². The molecule has 1 heterocycles. The molecule has 1 saturated carbocycles. The van der Waals surface area contributed by atoms with Crippen LogP contribution in [0.25, 0.3) is 10.9 Å². The summed E-state index contributed by atoms with van der Waals surface area (Å²) in [7, 11) is 0. The summed E-state index contributed by atoms with van der Waals surface area (Å²) in [5.74, 6) is 0.829. The molecule has 1 fully saturated rings. The van der Waals surface area contributed by atoms with Gasteiger partial charge in [0.1, 0.15) is 5.75 Å². The number of hydrogen-bond acceptors (Lipinski definition) is 2. The van der Waals surface area contributed by atoms with E-state index in [1.54, 1.807) is 0 Å². The van der Waals surface area contributed by atoms with Crippen molar-refractivity contribution in [2.24, 2.45) is 0 Å². The molecule has 0 saturated heterocycles. The predicted octanol–water partition coefficient (Wildman–Crippen LogP) is 3.60. The molecule has 2 nitrogen and oxygen atoms in total. The summed E-state index contributed by atoms with van der Waals surface area (Å²) in [6.45, 7) is 0. The molecule has 2 heteroatoms. The minimum absolute atomic E-state index is 0.366. The Morgan fingerprint density at radius 3 is 2.69 bits per heavy atom. The smallest absolute Gasteiger partial charge is 0.138 e. The highest BCUT2D eigenvalue weighted by molar-refractivity contribution is 5.80. The van der Waals surface area contributed by atoms with Crippen molar-refractivity contribution in [1.82, 2.24) is 4.98 Å². The lowest BCUT2D eigenvalue weighted by molar-refractivity contribution is 0.457. The van der Waals surface area contributed by atoms with E-state index in [1.165, 1.54) is 25.7 Å². The minimum Gasteiger partial charge on any atom is -0.506 e. The van der Waals surface area contributed by atoms with Gasteiger partial charge in [0.2, 0.25) is 0 Å². The lowest BCUT2D eigenvalue weighted by Gasteiger charge is -2.11. The number of para-hydroxylation sites is 1. The number of pyridine rings is 1. The van der Waals surface area contributed by atoms with E-state index < -0.39 is 0 Å². The molecule has 0 spiro atoms. The first-order chi connectivity index (χ1) is 7.84. The van der Waals surface area contributed by atoms with E-state index in [-0.39, 0.29) is 0 Å². The zero-order valence-corrected chi connectivity index (χ0v) is 9.19. The van der Waals surface area contributed by atoms with E-state index in [2.05, 4.69) is 4.98 Å². The lowest BCUT2D eigenvalue weighted by Crippen LogP contribution is -1.97. The molecule has 0 unspecified atom stereocenters. The van der Waals surface area contributed by atoms with Crippen LogP contribution in [0, 0.1) is 0 Å². The molecule has 1 aromatic heterocycles. The van der Waals surface area contributed by atoms with Crippen LogP contribution in [0.3, 0.4) is 0 Å². The summed E-state index contributed by atoms with van der Waals surface area (Å²) >= 11 is 0. The highest BCUT2D eigenvalue weighted by Crippen LogP contribution is 2.38. The van der Waals surface area contributed by atoms with E-state index in [9.17, 15) is 5.11 Å². The van der Waals surface area contributed by atoms with Crippen molar-refractivity contribution in [3.8, 4) is 5.75 Å². The molecule has 1 aliphatic rings. The number of fused-ring (bicyclic) bond motifs is 1. The van der Waals surface area contributed by atoms with Crippen molar-refractivity contribution in [2.45, 2.75) is 31.6 Å². The molecular formula is C14H15NO. The van der Waals surface area contributed by atoms with Gasteiger partial charge in [-0.25, -0.2) is 4.98 Å². The Balaban J connectivity index is 2.13. The van der Waals surface area contributed by atoms with Gasteiger partial charge in [0.05, 0.1) is 11.2 Å². The van der Waals surface area contributed by atoms with Crippen LogP contribution in [0.15, 0.2) is 30.3 Å².